The molecule has 0 radical (unpaired) electrons. The van der Waals surface area contributed by atoms with Crippen molar-refractivity contribution in [2.45, 2.75) is 32.2 Å². The topological polar surface area (TPSA) is 8.81 Å². The molecule has 0 spiro atoms. The van der Waals surface area contributed by atoms with Crippen LogP contribution in [0.4, 0.5) is 26.3 Å². The summed E-state index contributed by atoms with van der Waals surface area (Å²) in [5, 5.41) is 0. The molecule has 1 aromatic heterocycles. The number of alkyl halides is 6. The lowest BCUT2D eigenvalue weighted by Crippen LogP contribution is -2.38. The van der Waals surface area contributed by atoms with Crippen molar-refractivity contribution < 1.29 is 30.9 Å². The molecule has 0 aliphatic heterocycles. The number of hydrogen-bond donors (Lipinski definition) is 0. The molecule has 1 heterocycles. The maximum atomic E-state index is 12.8. The van der Waals surface area contributed by atoms with Gasteiger partial charge in [0.25, 0.3) is 5.82 Å². The Morgan fingerprint density at radius 3 is 2.08 bits per heavy atom. The van der Waals surface area contributed by atoms with Gasteiger partial charge in [-0.3, -0.25) is 0 Å². The van der Waals surface area contributed by atoms with E-state index in [1.807, 2.05) is 0 Å². The Labute approximate surface area is 145 Å². The molecule has 0 aliphatic rings. The molecule has 0 N–H and O–H groups in total. The third kappa shape index (κ3) is 3.54. The summed E-state index contributed by atoms with van der Waals surface area (Å²) in [6.45, 7) is 1.39. The van der Waals surface area contributed by atoms with Crippen molar-refractivity contribution >= 4 is 11.0 Å². The molecule has 0 fully saturated rings. The van der Waals surface area contributed by atoms with Crippen molar-refractivity contribution in [3.8, 4) is 5.69 Å². The van der Waals surface area contributed by atoms with Gasteiger partial charge in [0.15, 0.2) is 11.0 Å². The molecule has 0 saturated heterocycles. The van der Waals surface area contributed by atoms with Gasteiger partial charge in [-0.2, -0.15) is 30.9 Å². The molecule has 2 nitrogen and oxygen atoms in total. The largest absolute Gasteiger partial charge is 0.416 e. The van der Waals surface area contributed by atoms with Crippen LogP contribution >= 0.6 is 0 Å². The highest BCUT2D eigenvalue weighted by molar-refractivity contribution is 5.74. The minimum Gasteiger partial charge on any atom is -0.227 e. The zero-order valence-electron chi connectivity index (χ0n) is 13.7. The predicted molar refractivity (Wildman–Crippen MR) is 83.9 cm³/mol. The van der Waals surface area contributed by atoms with Crippen molar-refractivity contribution in [2.24, 2.45) is 0 Å². The van der Waals surface area contributed by atoms with E-state index >= 15 is 0 Å². The summed E-state index contributed by atoms with van der Waals surface area (Å²) in [6, 6.07) is 11.4. The maximum absolute atomic E-state index is 12.8. The second kappa shape index (κ2) is 6.34. The number of hydrogen-bond acceptors (Lipinski definition) is 0. The fraction of sp³-hybridized carbons (Fsp3) is 0.278. The Kier molecular flexibility index (Phi) is 4.46. The molecule has 0 unspecified atom stereocenters. The number of benzene rings is 2. The molecule has 3 rings (SSSR count). The van der Waals surface area contributed by atoms with Crippen molar-refractivity contribution in [1.82, 2.24) is 4.57 Å². The summed E-state index contributed by atoms with van der Waals surface area (Å²) >= 11 is 0. The van der Waals surface area contributed by atoms with Crippen LogP contribution in [0.2, 0.25) is 0 Å². The van der Waals surface area contributed by atoms with Gasteiger partial charge in [-0.05, 0) is 36.4 Å². The fourth-order valence-electron chi connectivity index (χ4n) is 3.00. The Bertz CT molecular complexity index is 920. The summed E-state index contributed by atoms with van der Waals surface area (Å²) < 4.78 is 79.3. The van der Waals surface area contributed by atoms with E-state index in [-0.39, 0.29) is 6.54 Å². The standard InChI is InChI=1S/C18H15F6N2/c1-12-25(11-10-17(19,20)21)15-4-2-3-5-16(15)26(12)14-8-6-13(7-9-14)18(22,23)24/h2-9H,10-11H2,1H3/q+1. The zero-order chi connectivity index (χ0) is 19.1. The van der Waals surface area contributed by atoms with E-state index in [4.69, 9.17) is 0 Å². The number of nitrogens with zero attached hydrogens (tertiary/aromatic N) is 2. The van der Waals surface area contributed by atoms with Crippen LogP contribution in [0, 0.1) is 6.92 Å². The lowest BCUT2D eigenvalue weighted by Gasteiger charge is -2.07. The Hall–Kier alpha value is -2.51. The predicted octanol–water partition coefficient (Wildman–Crippen LogP) is 5.20. The van der Waals surface area contributed by atoms with Gasteiger partial charge >= 0.3 is 12.4 Å². The summed E-state index contributed by atoms with van der Waals surface area (Å²) in [7, 11) is 0. The number of aryl methyl sites for hydroxylation is 1. The molecule has 8 heteroatoms. The first-order valence-electron chi connectivity index (χ1n) is 7.82. The van der Waals surface area contributed by atoms with E-state index in [0.717, 1.165) is 12.1 Å². The van der Waals surface area contributed by atoms with Crippen LogP contribution in [0.15, 0.2) is 48.5 Å². The minimum absolute atomic E-state index is 0.260. The molecule has 0 amide bonds. The Morgan fingerprint density at radius 2 is 1.50 bits per heavy atom. The molecule has 0 saturated carbocycles. The monoisotopic (exact) mass is 373 g/mol. The minimum atomic E-state index is -4.45. The average Bonchev–Trinajstić information content (AvgIpc) is 2.83. The van der Waals surface area contributed by atoms with Crippen LogP contribution in [0.5, 0.6) is 0 Å². The maximum Gasteiger partial charge on any atom is 0.416 e. The van der Waals surface area contributed by atoms with Crippen LogP contribution in [-0.2, 0) is 12.7 Å². The average molecular weight is 373 g/mol. The SMILES string of the molecule is Cc1n(-c2ccc(C(F)(F)F)cc2)c2ccccc2[n+]1CCC(F)(F)F. The third-order valence-electron chi connectivity index (χ3n) is 4.20. The lowest BCUT2D eigenvalue weighted by molar-refractivity contribution is -0.681. The molecule has 138 valence electrons. The summed E-state index contributed by atoms with van der Waals surface area (Å²) in [5.74, 6) is 0.509. The van der Waals surface area contributed by atoms with Gasteiger partial charge in [-0.25, -0.2) is 4.57 Å². The van der Waals surface area contributed by atoms with Gasteiger partial charge in [0.1, 0.15) is 5.69 Å². The first kappa shape index (κ1) is 18.3. The van der Waals surface area contributed by atoms with E-state index < -0.39 is 24.3 Å². The van der Waals surface area contributed by atoms with E-state index in [1.54, 1.807) is 35.8 Å². The van der Waals surface area contributed by atoms with Gasteiger partial charge in [0, 0.05) is 6.92 Å². The van der Waals surface area contributed by atoms with Gasteiger partial charge in [0.2, 0.25) is 0 Å². The van der Waals surface area contributed by atoms with Gasteiger partial charge in [0.05, 0.1) is 18.5 Å². The van der Waals surface area contributed by atoms with E-state index in [1.165, 1.54) is 16.7 Å². The summed E-state index contributed by atoms with van der Waals surface area (Å²) in [6.07, 6.45) is -9.73. The van der Waals surface area contributed by atoms with E-state index in [2.05, 4.69) is 0 Å². The van der Waals surface area contributed by atoms with Crippen LogP contribution in [0.3, 0.4) is 0 Å². The quantitative estimate of drug-likeness (QED) is 0.441. The second-order valence-corrected chi connectivity index (χ2v) is 5.93. The van der Waals surface area contributed by atoms with E-state index in [0.29, 0.717) is 22.5 Å². The normalized spacial score (nSPS) is 12.7. The first-order valence-corrected chi connectivity index (χ1v) is 7.82. The molecule has 3 aromatic rings. The molecule has 0 atom stereocenters. The smallest absolute Gasteiger partial charge is 0.227 e. The molecule has 0 bridgehead atoms. The molecule has 26 heavy (non-hydrogen) atoms. The third-order valence-corrected chi connectivity index (χ3v) is 4.20. The number of rotatable bonds is 3. The molecule has 0 aliphatic carbocycles. The molecule has 2 aromatic carbocycles. The van der Waals surface area contributed by atoms with Crippen molar-refractivity contribution in [1.29, 1.82) is 0 Å². The number of aromatic nitrogens is 2. The van der Waals surface area contributed by atoms with Crippen molar-refractivity contribution in [2.75, 3.05) is 0 Å². The first-order chi connectivity index (χ1) is 12.1. The van der Waals surface area contributed by atoms with Gasteiger partial charge in [-0.15, -0.1) is 0 Å². The Morgan fingerprint density at radius 1 is 0.885 bits per heavy atom. The molecular formula is C18H15F6N2+. The van der Waals surface area contributed by atoms with Gasteiger partial charge in [-0.1, -0.05) is 12.1 Å². The van der Waals surface area contributed by atoms with Gasteiger partial charge < -0.3 is 0 Å². The number of halogens is 6. The zero-order valence-corrected chi connectivity index (χ0v) is 13.7. The van der Waals surface area contributed by atoms with Crippen molar-refractivity contribution in [3.05, 3.63) is 59.9 Å². The van der Waals surface area contributed by atoms with Crippen molar-refractivity contribution in [3.63, 3.8) is 0 Å². The van der Waals surface area contributed by atoms with Crippen LogP contribution < -0.4 is 4.57 Å². The highest BCUT2D eigenvalue weighted by atomic mass is 19.4. The lowest BCUT2D eigenvalue weighted by atomic mass is 10.2. The van der Waals surface area contributed by atoms with Crippen LogP contribution in [0.25, 0.3) is 16.7 Å². The summed E-state index contributed by atoms with van der Waals surface area (Å²) in [5.41, 5.74) is 0.902. The number of para-hydroxylation sites is 2. The Balaban J connectivity index is 2.10. The summed E-state index contributed by atoms with van der Waals surface area (Å²) in [4.78, 5) is 0. The van der Waals surface area contributed by atoms with Crippen LogP contribution in [0.1, 0.15) is 17.8 Å². The highest BCUT2D eigenvalue weighted by Crippen LogP contribution is 2.30. The number of fused-ring (bicyclic) bond motifs is 1. The fourth-order valence-corrected chi connectivity index (χ4v) is 3.00. The molecular weight excluding hydrogens is 358 g/mol. The van der Waals surface area contributed by atoms with E-state index in [9.17, 15) is 26.3 Å². The number of imidazole rings is 1. The van der Waals surface area contributed by atoms with Crippen LogP contribution in [-0.4, -0.2) is 10.7 Å². The highest BCUT2D eigenvalue weighted by Gasteiger charge is 2.32. The second-order valence-electron chi connectivity index (χ2n) is 5.93.